The highest BCUT2D eigenvalue weighted by atomic mass is 14.5. The van der Waals surface area contributed by atoms with E-state index in [1.54, 1.807) is 0 Å². The molecule has 2 aliphatic carbocycles. The number of allylic oxidation sites excluding steroid dienone is 2. The Labute approximate surface area is 76.1 Å². The van der Waals surface area contributed by atoms with Crippen LogP contribution in [0.15, 0.2) is 12.2 Å². The predicted molar refractivity (Wildman–Crippen MR) is 52.9 cm³/mol. The van der Waals surface area contributed by atoms with Crippen molar-refractivity contribution in [3.05, 3.63) is 12.2 Å². The highest BCUT2D eigenvalue weighted by molar-refractivity contribution is 5.17. The number of hydrogen-bond donors (Lipinski definition) is 0. The molecule has 0 N–H and O–H groups in total. The highest BCUT2D eigenvalue weighted by Gasteiger charge is 2.46. The van der Waals surface area contributed by atoms with Gasteiger partial charge in [0.2, 0.25) is 0 Å². The minimum absolute atomic E-state index is 0.625. The number of fused-ring (bicyclic) bond motifs is 2. The highest BCUT2D eigenvalue weighted by Crippen LogP contribution is 2.56. The van der Waals surface area contributed by atoms with Crippen LogP contribution in [0, 0.1) is 23.2 Å². The average molecular weight is 164 g/mol. The summed E-state index contributed by atoms with van der Waals surface area (Å²) in [5.41, 5.74) is 0.625. The second-order valence-electron chi connectivity index (χ2n) is 5.06. The third-order valence-corrected chi connectivity index (χ3v) is 4.09. The Kier molecular flexibility index (Phi) is 1.82. The zero-order valence-corrected chi connectivity index (χ0v) is 8.51. The second kappa shape index (κ2) is 2.61. The van der Waals surface area contributed by atoms with Crippen molar-refractivity contribution >= 4 is 0 Å². The van der Waals surface area contributed by atoms with Gasteiger partial charge in [0.25, 0.3) is 0 Å². The SMILES string of the molecule is CCC12C=CC(C1)C(C(C)C)C2. The maximum absolute atomic E-state index is 2.50. The lowest BCUT2D eigenvalue weighted by molar-refractivity contribution is 0.298. The predicted octanol–water partition coefficient (Wildman–Crippen LogP) is 3.63. The molecule has 12 heavy (non-hydrogen) atoms. The van der Waals surface area contributed by atoms with Crippen LogP contribution in [0.3, 0.4) is 0 Å². The molecule has 0 aromatic carbocycles. The molecule has 0 radical (unpaired) electrons. The standard InChI is InChI=1S/C12H20/c1-4-12-6-5-10(7-12)11(8-12)9(2)3/h5-6,9-11H,4,7-8H2,1-3H3. The van der Waals surface area contributed by atoms with Crippen LogP contribution in [0.5, 0.6) is 0 Å². The van der Waals surface area contributed by atoms with Gasteiger partial charge in [-0.2, -0.15) is 0 Å². The van der Waals surface area contributed by atoms with E-state index in [-0.39, 0.29) is 0 Å². The third kappa shape index (κ3) is 1.04. The van der Waals surface area contributed by atoms with E-state index in [9.17, 15) is 0 Å². The van der Waals surface area contributed by atoms with Crippen molar-refractivity contribution in [2.75, 3.05) is 0 Å². The van der Waals surface area contributed by atoms with Crippen molar-refractivity contribution in [2.24, 2.45) is 23.2 Å². The molecule has 1 saturated carbocycles. The van der Waals surface area contributed by atoms with Gasteiger partial charge in [0.05, 0.1) is 0 Å². The summed E-state index contributed by atoms with van der Waals surface area (Å²) >= 11 is 0. The van der Waals surface area contributed by atoms with Crippen LogP contribution in [0.4, 0.5) is 0 Å². The van der Waals surface area contributed by atoms with Gasteiger partial charge in [-0.15, -0.1) is 0 Å². The van der Waals surface area contributed by atoms with Gasteiger partial charge < -0.3 is 0 Å². The lowest BCUT2D eigenvalue weighted by atomic mass is 9.79. The van der Waals surface area contributed by atoms with Gasteiger partial charge in [0.15, 0.2) is 0 Å². The first-order chi connectivity index (χ1) is 5.67. The van der Waals surface area contributed by atoms with Crippen LogP contribution >= 0.6 is 0 Å². The largest absolute Gasteiger partial charge is 0.0845 e. The Hall–Kier alpha value is -0.260. The molecule has 0 heterocycles. The van der Waals surface area contributed by atoms with Gasteiger partial charge >= 0.3 is 0 Å². The number of hydrogen-bond acceptors (Lipinski definition) is 0. The summed E-state index contributed by atoms with van der Waals surface area (Å²) in [6.45, 7) is 7.10. The molecule has 2 rings (SSSR count). The summed E-state index contributed by atoms with van der Waals surface area (Å²) in [5, 5.41) is 0. The fraction of sp³-hybridized carbons (Fsp3) is 0.833. The molecule has 0 saturated heterocycles. The topological polar surface area (TPSA) is 0 Å². The molecule has 0 aliphatic heterocycles. The Morgan fingerprint density at radius 1 is 1.42 bits per heavy atom. The summed E-state index contributed by atoms with van der Waals surface area (Å²) in [4.78, 5) is 0. The van der Waals surface area contributed by atoms with Gasteiger partial charge in [0, 0.05) is 0 Å². The molecule has 0 nitrogen and oxygen atoms in total. The maximum atomic E-state index is 2.50. The monoisotopic (exact) mass is 164 g/mol. The zero-order chi connectivity index (χ0) is 8.77. The smallest absolute Gasteiger partial charge is 0.0112 e. The fourth-order valence-corrected chi connectivity index (χ4v) is 3.14. The average Bonchev–Trinajstić information content (AvgIpc) is 2.61. The van der Waals surface area contributed by atoms with Crippen molar-refractivity contribution in [1.29, 1.82) is 0 Å². The first-order valence-electron chi connectivity index (χ1n) is 5.36. The van der Waals surface area contributed by atoms with E-state index in [4.69, 9.17) is 0 Å². The molecule has 0 aromatic rings. The van der Waals surface area contributed by atoms with Gasteiger partial charge in [-0.3, -0.25) is 0 Å². The summed E-state index contributed by atoms with van der Waals surface area (Å²) < 4.78 is 0. The van der Waals surface area contributed by atoms with Gasteiger partial charge in [0.1, 0.15) is 0 Å². The summed E-state index contributed by atoms with van der Waals surface area (Å²) in [5.74, 6) is 2.79. The minimum atomic E-state index is 0.625. The van der Waals surface area contributed by atoms with Crippen molar-refractivity contribution in [1.82, 2.24) is 0 Å². The second-order valence-corrected chi connectivity index (χ2v) is 5.06. The van der Waals surface area contributed by atoms with Crippen LogP contribution in [-0.4, -0.2) is 0 Å². The molecular formula is C12H20. The summed E-state index contributed by atoms with van der Waals surface area (Å²) in [6.07, 6.45) is 9.24. The van der Waals surface area contributed by atoms with E-state index >= 15 is 0 Å². The van der Waals surface area contributed by atoms with E-state index < -0.39 is 0 Å². The van der Waals surface area contributed by atoms with Crippen molar-refractivity contribution < 1.29 is 0 Å². The van der Waals surface area contributed by atoms with E-state index in [0.29, 0.717) is 5.41 Å². The zero-order valence-electron chi connectivity index (χ0n) is 8.51. The van der Waals surface area contributed by atoms with Crippen molar-refractivity contribution in [3.63, 3.8) is 0 Å². The van der Waals surface area contributed by atoms with Crippen LogP contribution in [-0.2, 0) is 0 Å². The van der Waals surface area contributed by atoms with Gasteiger partial charge in [-0.1, -0.05) is 32.9 Å². The molecule has 2 aliphatic rings. The van der Waals surface area contributed by atoms with Gasteiger partial charge in [-0.05, 0) is 42.4 Å². The van der Waals surface area contributed by atoms with E-state index in [0.717, 1.165) is 17.8 Å². The van der Waals surface area contributed by atoms with Crippen LogP contribution in [0.1, 0.15) is 40.0 Å². The summed E-state index contributed by atoms with van der Waals surface area (Å²) in [7, 11) is 0. The fourth-order valence-electron chi connectivity index (χ4n) is 3.14. The summed E-state index contributed by atoms with van der Waals surface area (Å²) in [6, 6.07) is 0. The molecule has 0 aromatic heterocycles. The lowest BCUT2D eigenvalue weighted by Crippen LogP contribution is -2.17. The normalized spacial score (nSPS) is 44.7. The molecular weight excluding hydrogens is 144 g/mol. The van der Waals surface area contributed by atoms with Crippen LogP contribution < -0.4 is 0 Å². The lowest BCUT2D eigenvalue weighted by Gasteiger charge is -2.26. The van der Waals surface area contributed by atoms with E-state index in [1.807, 2.05) is 0 Å². The first kappa shape index (κ1) is 8.34. The molecule has 0 heteroatoms. The Morgan fingerprint density at radius 2 is 2.17 bits per heavy atom. The Morgan fingerprint density at radius 3 is 2.58 bits per heavy atom. The quantitative estimate of drug-likeness (QED) is 0.547. The first-order valence-corrected chi connectivity index (χ1v) is 5.36. The molecule has 0 amide bonds. The molecule has 0 spiro atoms. The maximum Gasteiger partial charge on any atom is -0.0112 e. The Bertz CT molecular complexity index is 202. The van der Waals surface area contributed by atoms with E-state index in [1.165, 1.54) is 19.3 Å². The minimum Gasteiger partial charge on any atom is -0.0845 e. The van der Waals surface area contributed by atoms with Crippen molar-refractivity contribution in [3.8, 4) is 0 Å². The Balaban J connectivity index is 2.15. The molecule has 3 unspecified atom stereocenters. The van der Waals surface area contributed by atoms with Crippen molar-refractivity contribution in [2.45, 2.75) is 40.0 Å². The molecule has 1 fully saturated rings. The van der Waals surface area contributed by atoms with E-state index in [2.05, 4.69) is 32.9 Å². The molecule has 3 atom stereocenters. The third-order valence-electron chi connectivity index (χ3n) is 4.09. The van der Waals surface area contributed by atoms with Gasteiger partial charge in [-0.25, -0.2) is 0 Å². The van der Waals surface area contributed by atoms with Crippen LogP contribution in [0.2, 0.25) is 0 Å². The molecule has 68 valence electrons. The van der Waals surface area contributed by atoms with Crippen LogP contribution in [0.25, 0.3) is 0 Å². The number of rotatable bonds is 2. The molecule has 2 bridgehead atoms.